The van der Waals surface area contributed by atoms with Crippen molar-refractivity contribution >= 4 is 27.7 Å². The second-order valence-corrected chi connectivity index (χ2v) is 6.41. The van der Waals surface area contributed by atoms with Crippen molar-refractivity contribution in [3.8, 4) is 5.75 Å². The molecule has 0 aliphatic carbocycles. The average Bonchev–Trinajstić information content (AvgIpc) is 2.81. The van der Waals surface area contributed by atoms with E-state index in [1.807, 2.05) is 23.9 Å². The Bertz CT molecular complexity index is 602. The first kappa shape index (κ1) is 13.0. The summed E-state index contributed by atoms with van der Waals surface area (Å²) in [5, 5.41) is 0. The van der Waals surface area contributed by atoms with Crippen LogP contribution in [0.4, 0.5) is 4.39 Å². The molecule has 1 aliphatic heterocycles. The number of halogens is 2. The van der Waals surface area contributed by atoms with Crippen molar-refractivity contribution in [2.45, 2.75) is 10.8 Å². The first-order chi connectivity index (χ1) is 9.24. The molecule has 1 aliphatic rings. The van der Waals surface area contributed by atoms with Crippen molar-refractivity contribution in [2.75, 3.05) is 12.4 Å². The van der Waals surface area contributed by atoms with Crippen LogP contribution < -0.4 is 4.74 Å². The van der Waals surface area contributed by atoms with Gasteiger partial charge in [-0.3, -0.25) is 0 Å². The van der Waals surface area contributed by atoms with Gasteiger partial charge >= 0.3 is 0 Å². The van der Waals surface area contributed by atoms with E-state index < -0.39 is 0 Å². The quantitative estimate of drug-likeness (QED) is 0.790. The van der Waals surface area contributed by atoms with Crippen molar-refractivity contribution in [1.29, 1.82) is 0 Å². The molecule has 0 bridgehead atoms. The molecule has 1 atom stereocenters. The van der Waals surface area contributed by atoms with E-state index in [1.165, 1.54) is 16.5 Å². The maximum absolute atomic E-state index is 13.7. The Morgan fingerprint density at radius 1 is 1.26 bits per heavy atom. The minimum atomic E-state index is -0.326. The van der Waals surface area contributed by atoms with Gasteiger partial charge in [-0.2, -0.15) is 0 Å². The van der Waals surface area contributed by atoms with E-state index in [0.29, 0.717) is 18.3 Å². The van der Waals surface area contributed by atoms with Crippen LogP contribution in [0.3, 0.4) is 0 Å². The molecule has 0 fully saturated rings. The second-order valence-electron chi connectivity index (χ2n) is 4.43. The number of benzene rings is 2. The van der Waals surface area contributed by atoms with Gasteiger partial charge in [0.15, 0.2) is 11.6 Å². The highest BCUT2D eigenvalue weighted by Gasteiger charge is 2.23. The molecule has 0 saturated carbocycles. The van der Waals surface area contributed by atoms with Crippen LogP contribution in [0.1, 0.15) is 11.5 Å². The van der Waals surface area contributed by atoms with Crippen molar-refractivity contribution < 1.29 is 9.13 Å². The van der Waals surface area contributed by atoms with Crippen molar-refractivity contribution in [1.82, 2.24) is 0 Å². The third kappa shape index (κ3) is 2.79. The third-order valence-electron chi connectivity index (χ3n) is 3.13. The number of fused-ring (bicyclic) bond motifs is 1. The van der Waals surface area contributed by atoms with E-state index in [4.69, 9.17) is 4.74 Å². The lowest BCUT2D eigenvalue weighted by Crippen LogP contribution is -2.10. The Kier molecular flexibility index (Phi) is 3.80. The van der Waals surface area contributed by atoms with Gasteiger partial charge < -0.3 is 4.74 Å². The van der Waals surface area contributed by atoms with E-state index in [0.717, 1.165) is 10.2 Å². The summed E-state index contributed by atoms with van der Waals surface area (Å²) < 4.78 is 20.0. The van der Waals surface area contributed by atoms with E-state index >= 15 is 0 Å². The molecule has 0 N–H and O–H groups in total. The molecule has 0 aromatic heterocycles. The molecule has 98 valence electrons. The van der Waals surface area contributed by atoms with Crippen molar-refractivity contribution in [3.05, 3.63) is 58.3 Å². The summed E-state index contributed by atoms with van der Waals surface area (Å²) in [5.74, 6) is 1.33. The molecule has 1 heterocycles. The van der Waals surface area contributed by atoms with Crippen LogP contribution in [0, 0.1) is 5.82 Å². The van der Waals surface area contributed by atoms with Crippen LogP contribution in [0.2, 0.25) is 0 Å². The molecule has 19 heavy (non-hydrogen) atoms. The van der Waals surface area contributed by atoms with Crippen LogP contribution in [0.15, 0.2) is 51.8 Å². The van der Waals surface area contributed by atoms with Gasteiger partial charge in [-0.15, -0.1) is 11.8 Å². The number of hydrogen-bond acceptors (Lipinski definition) is 2. The van der Waals surface area contributed by atoms with Crippen LogP contribution in [-0.2, 0) is 0 Å². The smallest absolute Gasteiger partial charge is 0.166 e. The highest BCUT2D eigenvalue weighted by molar-refractivity contribution is 9.10. The van der Waals surface area contributed by atoms with Gasteiger partial charge in [-0.25, -0.2) is 4.39 Å². The van der Waals surface area contributed by atoms with Crippen LogP contribution >= 0.6 is 27.7 Å². The van der Waals surface area contributed by atoms with Gasteiger partial charge in [0.25, 0.3) is 0 Å². The van der Waals surface area contributed by atoms with Crippen molar-refractivity contribution in [3.63, 3.8) is 0 Å². The van der Waals surface area contributed by atoms with Gasteiger partial charge in [0, 0.05) is 21.0 Å². The SMILES string of the molecule is Fc1cc(Br)ccc1OCC1CSc2ccccc21. The summed E-state index contributed by atoms with van der Waals surface area (Å²) in [6.07, 6.45) is 0. The van der Waals surface area contributed by atoms with Crippen LogP contribution in [-0.4, -0.2) is 12.4 Å². The van der Waals surface area contributed by atoms with E-state index in [2.05, 4.69) is 28.1 Å². The number of rotatable bonds is 3. The lowest BCUT2D eigenvalue weighted by molar-refractivity contribution is 0.284. The summed E-state index contributed by atoms with van der Waals surface area (Å²) in [5.41, 5.74) is 1.31. The highest BCUT2D eigenvalue weighted by atomic mass is 79.9. The lowest BCUT2D eigenvalue weighted by atomic mass is 10.0. The zero-order valence-electron chi connectivity index (χ0n) is 10.1. The van der Waals surface area contributed by atoms with Crippen LogP contribution in [0.5, 0.6) is 5.75 Å². The Balaban J connectivity index is 1.71. The molecule has 1 unspecified atom stereocenters. The summed E-state index contributed by atoms with van der Waals surface area (Å²) in [4.78, 5) is 1.31. The lowest BCUT2D eigenvalue weighted by Gasteiger charge is -2.13. The molecule has 0 saturated heterocycles. The Morgan fingerprint density at radius 2 is 2.11 bits per heavy atom. The zero-order valence-corrected chi connectivity index (χ0v) is 12.5. The highest BCUT2D eigenvalue weighted by Crippen LogP contribution is 2.39. The van der Waals surface area contributed by atoms with Gasteiger partial charge in [0.1, 0.15) is 0 Å². The molecule has 0 spiro atoms. The van der Waals surface area contributed by atoms with E-state index in [1.54, 1.807) is 12.1 Å². The van der Waals surface area contributed by atoms with Gasteiger partial charge in [0.05, 0.1) is 6.61 Å². The first-order valence-electron chi connectivity index (χ1n) is 6.03. The third-order valence-corrected chi connectivity index (χ3v) is 4.88. The maximum Gasteiger partial charge on any atom is 0.166 e. The molecule has 4 heteroatoms. The van der Waals surface area contributed by atoms with Gasteiger partial charge in [-0.05, 0) is 29.8 Å². The van der Waals surface area contributed by atoms with Crippen molar-refractivity contribution in [2.24, 2.45) is 0 Å². The number of thioether (sulfide) groups is 1. The van der Waals surface area contributed by atoms with Gasteiger partial charge in [0.2, 0.25) is 0 Å². The Morgan fingerprint density at radius 3 is 2.95 bits per heavy atom. The topological polar surface area (TPSA) is 9.23 Å². The van der Waals surface area contributed by atoms with E-state index in [-0.39, 0.29) is 5.82 Å². The summed E-state index contributed by atoms with van der Waals surface area (Å²) in [6, 6.07) is 13.2. The maximum atomic E-state index is 13.7. The molecule has 3 rings (SSSR count). The first-order valence-corrected chi connectivity index (χ1v) is 7.81. The summed E-state index contributed by atoms with van der Waals surface area (Å²) >= 11 is 5.07. The monoisotopic (exact) mass is 338 g/mol. The second kappa shape index (κ2) is 5.55. The summed E-state index contributed by atoms with van der Waals surface area (Å²) in [7, 11) is 0. The standard InChI is InChI=1S/C15H12BrFOS/c16-11-5-6-14(13(17)7-11)18-8-10-9-19-15-4-2-1-3-12(10)15/h1-7,10H,8-9H2. The molecule has 0 amide bonds. The molecular weight excluding hydrogens is 327 g/mol. The minimum absolute atomic E-state index is 0.317. The Labute approximate surface area is 124 Å². The zero-order chi connectivity index (χ0) is 13.2. The molecular formula is C15H12BrFOS. The molecule has 0 radical (unpaired) electrons. The fourth-order valence-electron chi connectivity index (χ4n) is 2.15. The largest absolute Gasteiger partial charge is 0.490 e. The summed E-state index contributed by atoms with van der Waals surface area (Å²) in [6.45, 7) is 0.516. The Hall–Kier alpha value is -1.00. The minimum Gasteiger partial charge on any atom is -0.490 e. The predicted octanol–water partition coefficient (Wildman–Crippen LogP) is 4.86. The fraction of sp³-hybridized carbons (Fsp3) is 0.200. The van der Waals surface area contributed by atoms with Gasteiger partial charge in [-0.1, -0.05) is 34.1 Å². The molecule has 2 aromatic carbocycles. The number of ether oxygens (including phenoxy) is 1. The average molecular weight is 339 g/mol. The number of hydrogen-bond donors (Lipinski definition) is 0. The predicted molar refractivity (Wildman–Crippen MR) is 79.5 cm³/mol. The fourth-order valence-corrected chi connectivity index (χ4v) is 3.72. The molecule has 1 nitrogen and oxygen atoms in total. The van der Waals surface area contributed by atoms with E-state index in [9.17, 15) is 4.39 Å². The molecule has 2 aromatic rings. The van der Waals surface area contributed by atoms with Crippen LogP contribution in [0.25, 0.3) is 0 Å². The normalized spacial score (nSPS) is 17.3.